The lowest BCUT2D eigenvalue weighted by Gasteiger charge is -2.16. The second kappa shape index (κ2) is 6.81. The summed E-state index contributed by atoms with van der Waals surface area (Å²) in [6, 6.07) is 9.09. The van der Waals surface area contributed by atoms with Gasteiger partial charge in [-0.1, -0.05) is 29.5 Å². The molecule has 1 unspecified atom stereocenters. The summed E-state index contributed by atoms with van der Waals surface area (Å²) >= 11 is 0. The van der Waals surface area contributed by atoms with Crippen LogP contribution in [0.1, 0.15) is 37.1 Å². The number of rotatable bonds is 4. The standard InChI is InChI=1S/C23H25N5O/c1-14(29)10-16-8-9-19-20(11-16)28(18-6-4-5-7-18)21-12-17(13-24-22(19)21)23-15(2)25-26-27(23)3/h4-5,8-9,11-14,18,29H,6-7,10H2,1-3H3. The van der Waals surface area contributed by atoms with E-state index in [1.54, 1.807) is 0 Å². The molecule has 0 saturated heterocycles. The van der Waals surface area contributed by atoms with Gasteiger partial charge in [0.15, 0.2) is 0 Å². The molecule has 6 nitrogen and oxygen atoms in total. The minimum Gasteiger partial charge on any atom is -0.393 e. The van der Waals surface area contributed by atoms with E-state index in [1.807, 2.05) is 31.8 Å². The highest BCUT2D eigenvalue weighted by molar-refractivity contribution is 6.06. The van der Waals surface area contributed by atoms with Crippen LogP contribution >= 0.6 is 0 Å². The highest BCUT2D eigenvalue weighted by atomic mass is 16.3. The summed E-state index contributed by atoms with van der Waals surface area (Å²) in [4.78, 5) is 4.87. The monoisotopic (exact) mass is 387 g/mol. The van der Waals surface area contributed by atoms with Crippen LogP contribution in [0, 0.1) is 6.92 Å². The zero-order chi connectivity index (χ0) is 20.1. The lowest BCUT2D eigenvalue weighted by atomic mass is 10.1. The van der Waals surface area contributed by atoms with E-state index in [2.05, 4.69) is 51.3 Å². The molecule has 3 aromatic heterocycles. The van der Waals surface area contributed by atoms with Crippen LogP contribution in [0.5, 0.6) is 0 Å². The molecule has 0 fully saturated rings. The SMILES string of the molecule is Cc1nnn(C)c1-c1cnc2c3ccc(CC(C)O)cc3n(C3CC=CC3)c2c1. The predicted molar refractivity (Wildman–Crippen MR) is 115 cm³/mol. The number of pyridine rings is 1. The van der Waals surface area contributed by atoms with Gasteiger partial charge in [0.2, 0.25) is 0 Å². The number of benzene rings is 1. The van der Waals surface area contributed by atoms with E-state index < -0.39 is 0 Å². The topological polar surface area (TPSA) is 68.8 Å². The molecule has 148 valence electrons. The third-order valence-corrected chi connectivity index (χ3v) is 5.85. The molecule has 0 aliphatic heterocycles. The molecule has 1 aliphatic carbocycles. The molecule has 1 aromatic carbocycles. The van der Waals surface area contributed by atoms with Gasteiger partial charge in [0.05, 0.1) is 34.0 Å². The summed E-state index contributed by atoms with van der Waals surface area (Å²) in [6.07, 6.45) is 8.78. The Balaban J connectivity index is 1.78. The maximum atomic E-state index is 9.85. The summed E-state index contributed by atoms with van der Waals surface area (Å²) in [5, 5.41) is 19.4. The summed E-state index contributed by atoms with van der Waals surface area (Å²) in [7, 11) is 1.91. The number of hydrogen-bond acceptors (Lipinski definition) is 4. The Morgan fingerprint density at radius 1 is 1.17 bits per heavy atom. The van der Waals surface area contributed by atoms with Crippen molar-refractivity contribution in [1.29, 1.82) is 0 Å². The Bertz CT molecular complexity index is 1220. The summed E-state index contributed by atoms with van der Waals surface area (Å²) in [6.45, 7) is 3.81. The van der Waals surface area contributed by atoms with Crippen LogP contribution in [0.15, 0.2) is 42.6 Å². The molecular formula is C23H25N5O. The second-order valence-electron chi connectivity index (χ2n) is 8.11. The quantitative estimate of drug-likeness (QED) is 0.535. The summed E-state index contributed by atoms with van der Waals surface area (Å²) in [5.41, 5.74) is 7.43. The number of allylic oxidation sites excluding steroid dienone is 2. The summed E-state index contributed by atoms with van der Waals surface area (Å²) in [5.74, 6) is 0. The molecule has 4 aromatic rings. The Kier molecular flexibility index (Phi) is 4.24. The highest BCUT2D eigenvalue weighted by Gasteiger charge is 2.22. The van der Waals surface area contributed by atoms with Crippen LogP contribution in [-0.2, 0) is 13.5 Å². The molecule has 0 bridgehead atoms. The van der Waals surface area contributed by atoms with Crippen molar-refractivity contribution in [3.63, 3.8) is 0 Å². The van der Waals surface area contributed by atoms with Crippen LogP contribution in [0.4, 0.5) is 0 Å². The van der Waals surface area contributed by atoms with Crippen molar-refractivity contribution < 1.29 is 5.11 Å². The number of hydrogen-bond donors (Lipinski definition) is 1. The number of aliphatic hydroxyl groups is 1. The van der Waals surface area contributed by atoms with Crippen molar-refractivity contribution >= 4 is 21.9 Å². The molecule has 3 heterocycles. The average Bonchev–Trinajstić information content (AvgIpc) is 3.38. The predicted octanol–water partition coefficient (Wildman–Crippen LogP) is 4.11. The number of aromatic nitrogens is 5. The van der Waals surface area contributed by atoms with Gasteiger partial charge in [0.25, 0.3) is 0 Å². The van der Waals surface area contributed by atoms with E-state index in [-0.39, 0.29) is 6.10 Å². The van der Waals surface area contributed by atoms with E-state index >= 15 is 0 Å². The molecule has 5 rings (SSSR count). The molecule has 0 amide bonds. The molecule has 6 heteroatoms. The lowest BCUT2D eigenvalue weighted by Crippen LogP contribution is -2.06. The Labute approximate surface area is 169 Å². The first-order valence-corrected chi connectivity index (χ1v) is 10.1. The van der Waals surface area contributed by atoms with Gasteiger partial charge >= 0.3 is 0 Å². The largest absolute Gasteiger partial charge is 0.393 e. The van der Waals surface area contributed by atoms with Gasteiger partial charge in [-0.15, -0.1) is 5.10 Å². The zero-order valence-corrected chi connectivity index (χ0v) is 17.0. The van der Waals surface area contributed by atoms with E-state index in [0.29, 0.717) is 12.5 Å². The maximum Gasteiger partial charge on any atom is 0.0960 e. The van der Waals surface area contributed by atoms with Crippen LogP contribution in [0.3, 0.4) is 0 Å². The van der Waals surface area contributed by atoms with Crippen molar-refractivity contribution in [2.24, 2.45) is 7.05 Å². The fourth-order valence-corrected chi connectivity index (χ4v) is 4.61. The Morgan fingerprint density at radius 3 is 2.66 bits per heavy atom. The third-order valence-electron chi connectivity index (χ3n) is 5.85. The molecule has 0 spiro atoms. The van der Waals surface area contributed by atoms with Gasteiger partial charge in [0.1, 0.15) is 0 Å². The van der Waals surface area contributed by atoms with Gasteiger partial charge in [0, 0.05) is 30.2 Å². The minimum atomic E-state index is -0.358. The van der Waals surface area contributed by atoms with E-state index in [4.69, 9.17) is 4.98 Å². The Hall–Kier alpha value is -2.99. The van der Waals surface area contributed by atoms with Crippen LogP contribution in [-0.4, -0.2) is 35.8 Å². The average molecular weight is 387 g/mol. The van der Waals surface area contributed by atoms with Gasteiger partial charge in [-0.25, -0.2) is 4.68 Å². The fourth-order valence-electron chi connectivity index (χ4n) is 4.61. The highest BCUT2D eigenvalue weighted by Crippen LogP contribution is 2.37. The van der Waals surface area contributed by atoms with Crippen molar-refractivity contribution in [3.05, 3.63) is 53.9 Å². The molecule has 0 radical (unpaired) electrons. The van der Waals surface area contributed by atoms with E-state index in [0.717, 1.165) is 51.8 Å². The first kappa shape index (κ1) is 18.1. The number of aliphatic hydroxyl groups excluding tert-OH is 1. The smallest absolute Gasteiger partial charge is 0.0960 e. The third kappa shape index (κ3) is 2.95. The van der Waals surface area contributed by atoms with Crippen LogP contribution in [0.2, 0.25) is 0 Å². The lowest BCUT2D eigenvalue weighted by molar-refractivity contribution is 0.195. The fraction of sp³-hybridized carbons (Fsp3) is 0.348. The van der Waals surface area contributed by atoms with Crippen molar-refractivity contribution in [1.82, 2.24) is 24.5 Å². The number of aryl methyl sites for hydroxylation is 2. The zero-order valence-electron chi connectivity index (χ0n) is 17.0. The van der Waals surface area contributed by atoms with Gasteiger partial charge in [-0.3, -0.25) is 4.98 Å². The first-order chi connectivity index (χ1) is 14.0. The van der Waals surface area contributed by atoms with Gasteiger partial charge in [-0.2, -0.15) is 0 Å². The molecule has 0 saturated carbocycles. The molecule has 1 N–H and O–H groups in total. The van der Waals surface area contributed by atoms with Gasteiger partial charge in [-0.05, 0) is 50.8 Å². The maximum absolute atomic E-state index is 9.85. The molecule has 29 heavy (non-hydrogen) atoms. The van der Waals surface area contributed by atoms with Crippen molar-refractivity contribution in [3.8, 4) is 11.3 Å². The van der Waals surface area contributed by atoms with Crippen molar-refractivity contribution in [2.45, 2.75) is 45.3 Å². The molecule has 1 aliphatic rings. The molecule has 1 atom stereocenters. The summed E-state index contributed by atoms with van der Waals surface area (Å²) < 4.78 is 4.24. The first-order valence-electron chi connectivity index (χ1n) is 10.1. The van der Waals surface area contributed by atoms with Gasteiger partial charge < -0.3 is 9.67 Å². The van der Waals surface area contributed by atoms with Crippen molar-refractivity contribution in [2.75, 3.05) is 0 Å². The van der Waals surface area contributed by atoms with Crippen LogP contribution < -0.4 is 0 Å². The molecular weight excluding hydrogens is 362 g/mol. The number of fused-ring (bicyclic) bond motifs is 3. The van der Waals surface area contributed by atoms with Crippen LogP contribution in [0.25, 0.3) is 33.2 Å². The minimum absolute atomic E-state index is 0.358. The Morgan fingerprint density at radius 2 is 1.97 bits per heavy atom. The second-order valence-corrected chi connectivity index (χ2v) is 8.11. The normalized spacial score (nSPS) is 15.7. The van der Waals surface area contributed by atoms with E-state index in [9.17, 15) is 5.11 Å². The number of nitrogens with zero attached hydrogens (tertiary/aromatic N) is 5. The van der Waals surface area contributed by atoms with E-state index in [1.165, 1.54) is 5.52 Å².